The fourth-order valence-electron chi connectivity index (χ4n) is 2.59. The second-order valence-corrected chi connectivity index (χ2v) is 6.24. The minimum Gasteiger partial charge on any atom is -0.444 e. The molecule has 0 aromatic carbocycles. The molecule has 1 amide bonds. The Hall–Kier alpha value is -0.810. The van der Waals surface area contributed by atoms with Gasteiger partial charge in [-0.25, -0.2) is 4.79 Å². The van der Waals surface area contributed by atoms with Crippen molar-refractivity contribution in [3.8, 4) is 0 Å². The van der Waals surface area contributed by atoms with Crippen LogP contribution in [-0.4, -0.2) is 54.5 Å². The summed E-state index contributed by atoms with van der Waals surface area (Å²) in [5.41, 5.74) is -0.447. The van der Waals surface area contributed by atoms with E-state index in [1.165, 1.54) is 0 Å². The molecular weight excluding hydrogens is 244 g/mol. The summed E-state index contributed by atoms with van der Waals surface area (Å²) in [5.74, 6) is 0.387. The fraction of sp³-hybridized carbons (Fsp3) is 0.929. The molecular formula is C14H28N2O3. The van der Waals surface area contributed by atoms with Gasteiger partial charge in [0.15, 0.2) is 0 Å². The normalized spacial score (nSPS) is 22.2. The topological polar surface area (TPSA) is 61.8 Å². The first-order chi connectivity index (χ1) is 8.87. The van der Waals surface area contributed by atoms with Crippen molar-refractivity contribution in [3.63, 3.8) is 0 Å². The van der Waals surface area contributed by atoms with E-state index >= 15 is 0 Å². The van der Waals surface area contributed by atoms with Gasteiger partial charge < -0.3 is 20.1 Å². The fourth-order valence-corrected chi connectivity index (χ4v) is 2.59. The molecule has 0 saturated carbocycles. The third-order valence-electron chi connectivity index (χ3n) is 3.49. The lowest BCUT2D eigenvalue weighted by Gasteiger charge is -2.37. The molecule has 1 aliphatic heterocycles. The van der Waals surface area contributed by atoms with Crippen molar-refractivity contribution in [3.05, 3.63) is 0 Å². The number of hydrogen-bond acceptors (Lipinski definition) is 4. The van der Waals surface area contributed by atoms with Gasteiger partial charge >= 0.3 is 6.09 Å². The predicted molar refractivity (Wildman–Crippen MR) is 75.1 cm³/mol. The second-order valence-electron chi connectivity index (χ2n) is 6.24. The summed E-state index contributed by atoms with van der Waals surface area (Å²) in [7, 11) is 1.91. The SMILES string of the molecule is CN[C@H](CCO)[C@@H]1CCCN(C(=O)OC(C)(C)C)C1. The maximum absolute atomic E-state index is 12.1. The molecule has 112 valence electrons. The number of amides is 1. The van der Waals surface area contributed by atoms with Gasteiger partial charge in [0.1, 0.15) is 5.60 Å². The number of nitrogens with zero attached hydrogens (tertiary/aromatic N) is 1. The molecule has 1 fully saturated rings. The van der Waals surface area contributed by atoms with Gasteiger partial charge in [-0.1, -0.05) is 0 Å². The van der Waals surface area contributed by atoms with E-state index in [1.54, 1.807) is 4.90 Å². The van der Waals surface area contributed by atoms with Gasteiger partial charge in [-0.05, 0) is 53.0 Å². The zero-order valence-electron chi connectivity index (χ0n) is 12.6. The summed E-state index contributed by atoms with van der Waals surface area (Å²) in [6, 6.07) is 0.259. The van der Waals surface area contributed by atoms with E-state index in [0.717, 1.165) is 25.8 Å². The van der Waals surface area contributed by atoms with Crippen molar-refractivity contribution in [2.45, 2.75) is 51.7 Å². The number of rotatable bonds is 4. The first-order valence-corrected chi connectivity index (χ1v) is 7.13. The lowest BCUT2D eigenvalue weighted by molar-refractivity contribution is 0.0140. The summed E-state index contributed by atoms with van der Waals surface area (Å²) in [5, 5.41) is 12.3. The van der Waals surface area contributed by atoms with E-state index < -0.39 is 5.60 Å². The molecule has 0 unspecified atom stereocenters. The third-order valence-corrected chi connectivity index (χ3v) is 3.49. The molecule has 5 heteroatoms. The van der Waals surface area contributed by atoms with Crippen LogP contribution in [-0.2, 0) is 4.74 Å². The van der Waals surface area contributed by atoms with Crippen molar-refractivity contribution in [1.82, 2.24) is 10.2 Å². The Morgan fingerprint density at radius 3 is 2.74 bits per heavy atom. The Bertz CT molecular complexity index is 289. The molecule has 0 bridgehead atoms. The van der Waals surface area contributed by atoms with Crippen LogP contribution in [0.2, 0.25) is 0 Å². The first-order valence-electron chi connectivity index (χ1n) is 7.13. The number of carbonyl (C=O) groups excluding carboxylic acids is 1. The van der Waals surface area contributed by atoms with Crippen LogP contribution in [0.3, 0.4) is 0 Å². The second kappa shape index (κ2) is 7.10. The van der Waals surface area contributed by atoms with Crippen LogP contribution in [0.1, 0.15) is 40.0 Å². The largest absolute Gasteiger partial charge is 0.444 e. The number of ether oxygens (including phenoxy) is 1. The van der Waals surface area contributed by atoms with E-state index in [9.17, 15) is 4.79 Å². The van der Waals surface area contributed by atoms with Crippen LogP contribution in [0, 0.1) is 5.92 Å². The molecule has 1 aliphatic rings. The number of likely N-dealkylation sites (tertiary alicyclic amines) is 1. The zero-order chi connectivity index (χ0) is 14.5. The van der Waals surface area contributed by atoms with Crippen LogP contribution < -0.4 is 5.32 Å². The average molecular weight is 272 g/mol. The highest BCUT2D eigenvalue weighted by molar-refractivity contribution is 5.68. The van der Waals surface area contributed by atoms with E-state index in [1.807, 2.05) is 27.8 Å². The lowest BCUT2D eigenvalue weighted by atomic mass is 9.89. The molecule has 0 radical (unpaired) electrons. The van der Waals surface area contributed by atoms with Gasteiger partial charge in [0.05, 0.1) is 0 Å². The minimum atomic E-state index is -0.447. The Kier molecular flexibility index (Phi) is 6.07. The lowest BCUT2D eigenvalue weighted by Crippen LogP contribution is -2.48. The van der Waals surface area contributed by atoms with Crippen molar-refractivity contribution < 1.29 is 14.6 Å². The molecule has 0 aliphatic carbocycles. The Balaban J connectivity index is 2.56. The number of aliphatic hydroxyl groups is 1. The van der Waals surface area contributed by atoms with Gasteiger partial charge in [-0.15, -0.1) is 0 Å². The summed E-state index contributed by atoms with van der Waals surface area (Å²) < 4.78 is 5.42. The standard InChI is InChI=1S/C14H28N2O3/c1-14(2,3)19-13(18)16-8-5-6-11(10-16)12(15-4)7-9-17/h11-12,15,17H,5-10H2,1-4H3/t11-,12-/m1/s1. The summed E-state index contributed by atoms with van der Waals surface area (Å²) in [6.07, 6.45) is 2.58. The Morgan fingerprint density at radius 1 is 1.53 bits per heavy atom. The van der Waals surface area contributed by atoms with Crippen molar-refractivity contribution in [2.75, 3.05) is 26.7 Å². The molecule has 0 aromatic heterocycles. The van der Waals surface area contributed by atoms with Crippen molar-refractivity contribution in [2.24, 2.45) is 5.92 Å². The molecule has 1 heterocycles. The molecule has 19 heavy (non-hydrogen) atoms. The Labute approximate surface area is 116 Å². The van der Waals surface area contributed by atoms with Gasteiger partial charge in [0, 0.05) is 25.7 Å². The Morgan fingerprint density at radius 2 is 2.21 bits per heavy atom. The minimum absolute atomic E-state index is 0.175. The van der Waals surface area contributed by atoms with Gasteiger partial charge in [0.2, 0.25) is 0 Å². The number of hydrogen-bond donors (Lipinski definition) is 2. The molecule has 0 spiro atoms. The third kappa shape index (κ3) is 5.37. The van der Waals surface area contributed by atoms with E-state index in [2.05, 4.69) is 5.32 Å². The summed E-state index contributed by atoms with van der Waals surface area (Å²) in [4.78, 5) is 13.9. The van der Waals surface area contributed by atoms with Crippen LogP contribution in [0.15, 0.2) is 0 Å². The van der Waals surface area contributed by atoms with Crippen LogP contribution in [0.25, 0.3) is 0 Å². The molecule has 2 N–H and O–H groups in total. The smallest absolute Gasteiger partial charge is 0.410 e. The highest BCUT2D eigenvalue weighted by atomic mass is 16.6. The molecule has 2 atom stereocenters. The number of aliphatic hydroxyl groups excluding tert-OH is 1. The van der Waals surface area contributed by atoms with Crippen LogP contribution >= 0.6 is 0 Å². The zero-order valence-corrected chi connectivity index (χ0v) is 12.6. The molecule has 5 nitrogen and oxygen atoms in total. The maximum atomic E-state index is 12.1. The van der Waals surface area contributed by atoms with Gasteiger partial charge in [0.25, 0.3) is 0 Å². The quantitative estimate of drug-likeness (QED) is 0.816. The molecule has 1 saturated heterocycles. The summed E-state index contributed by atoms with van der Waals surface area (Å²) in [6.45, 7) is 7.30. The van der Waals surface area contributed by atoms with E-state index in [0.29, 0.717) is 12.5 Å². The number of piperidine rings is 1. The predicted octanol–water partition coefficient (Wildman–Crippen LogP) is 1.60. The van der Waals surface area contributed by atoms with Gasteiger partial charge in [-0.3, -0.25) is 0 Å². The maximum Gasteiger partial charge on any atom is 0.410 e. The highest BCUT2D eigenvalue weighted by Gasteiger charge is 2.30. The highest BCUT2D eigenvalue weighted by Crippen LogP contribution is 2.23. The summed E-state index contributed by atoms with van der Waals surface area (Å²) >= 11 is 0. The molecule has 1 rings (SSSR count). The van der Waals surface area contributed by atoms with Crippen molar-refractivity contribution >= 4 is 6.09 Å². The van der Waals surface area contributed by atoms with Crippen LogP contribution in [0.4, 0.5) is 4.79 Å². The van der Waals surface area contributed by atoms with Crippen molar-refractivity contribution in [1.29, 1.82) is 0 Å². The average Bonchev–Trinajstić information content (AvgIpc) is 2.34. The van der Waals surface area contributed by atoms with E-state index in [-0.39, 0.29) is 18.7 Å². The van der Waals surface area contributed by atoms with Gasteiger partial charge in [-0.2, -0.15) is 0 Å². The number of nitrogens with one attached hydrogen (secondary N) is 1. The van der Waals surface area contributed by atoms with Crippen LogP contribution in [0.5, 0.6) is 0 Å². The first kappa shape index (κ1) is 16.2. The monoisotopic (exact) mass is 272 g/mol. The number of carbonyl (C=O) groups is 1. The van der Waals surface area contributed by atoms with E-state index in [4.69, 9.17) is 9.84 Å². The molecule has 0 aromatic rings.